The van der Waals surface area contributed by atoms with E-state index in [1.807, 2.05) is 24.3 Å². The van der Waals surface area contributed by atoms with E-state index in [4.69, 9.17) is 16.6 Å². The molecular weight excluding hydrogens is 428 g/mol. The molecule has 2 aromatic carbocycles. The minimum absolute atomic E-state index is 0.377. The van der Waals surface area contributed by atoms with E-state index >= 15 is 0 Å². The molecule has 0 bridgehead atoms. The van der Waals surface area contributed by atoms with Gasteiger partial charge in [-0.2, -0.15) is 0 Å². The summed E-state index contributed by atoms with van der Waals surface area (Å²) in [6.45, 7) is 10.1. The van der Waals surface area contributed by atoms with Crippen LogP contribution in [0.1, 0.15) is 44.9 Å². The first kappa shape index (κ1) is 25.1. The van der Waals surface area contributed by atoms with E-state index in [0.717, 1.165) is 58.9 Å². The number of fused-ring (bicyclic) bond motifs is 1. The lowest BCUT2D eigenvalue weighted by Crippen LogP contribution is -2.25. The maximum Gasteiger partial charge on any atom is 0.0731 e. The second-order valence-electron chi connectivity index (χ2n) is 8.79. The van der Waals surface area contributed by atoms with Crippen molar-refractivity contribution in [1.82, 2.24) is 9.88 Å². The van der Waals surface area contributed by atoms with Gasteiger partial charge in [-0.25, -0.2) is 4.98 Å². The number of aromatic nitrogens is 1. The number of hydrogen-bond acceptors (Lipinski definition) is 4. The average Bonchev–Trinajstić information content (AvgIpc) is 2.81. The van der Waals surface area contributed by atoms with Crippen LogP contribution in [0, 0.1) is 0 Å². The number of benzene rings is 2. The standard InChI is InChI=1S/C28H37ClN4/c1-6-33(7-2)18-8-9-21(3)30-28-19-24(15-12-22-10-13-23(29)14-11-22)31-27-17-16-25(32(4)5)20-26(27)28/h10-17,19-21H,6-9,18H2,1-5H3,(H,30,31)/b15-12-/t21-/m1/s1. The highest BCUT2D eigenvalue weighted by molar-refractivity contribution is 6.30. The second kappa shape index (κ2) is 12.1. The van der Waals surface area contributed by atoms with Crippen LogP contribution >= 0.6 is 11.6 Å². The minimum atomic E-state index is 0.377. The molecule has 1 N–H and O–H groups in total. The zero-order chi connectivity index (χ0) is 23.8. The van der Waals surface area contributed by atoms with Crippen LogP contribution < -0.4 is 10.2 Å². The summed E-state index contributed by atoms with van der Waals surface area (Å²) in [6.07, 6.45) is 6.46. The van der Waals surface area contributed by atoms with E-state index in [0.29, 0.717) is 6.04 Å². The SMILES string of the molecule is CCN(CC)CCC[C@@H](C)Nc1cc(/C=C\c2ccc(Cl)cc2)nc2ccc(N(C)C)cc12. The van der Waals surface area contributed by atoms with Crippen LogP contribution in [-0.2, 0) is 0 Å². The number of pyridine rings is 1. The molecule has 0 spiro atoms. The van der Waals surface area contributed by atoms with Crippen LogP contribution in [-0.4, -0.2) is 49.7 Å². The van der Waals surface area contributed by atoms with Gasteiger partial charge >= 0.3 is 0 Å². The molecule has 1 aromatic heterocycles. The molecule has 5 heteroatoms. The van der Waals surface area contributed by atoms with Gasteiger partial charge in [0.25, 0.3) is 0 Å². The van der Waals surface area contributed by atoms with Gasteiger partial charge in [-0.3, -0.25) is 0 Å². The normalized spacial score (nSPS) is 12.6. The van der Waals surface area contributed by atoms with Crippen molar-refractivity contribution < 1.29 is 0 Å². The zero-order valence-corrected chi connectivity index (χ0v) is 21.4. The van der Waals surface area contributed by atoms with Gasteiger partial charge < -0.3 is 15.1 Å². The number of nitrogens with zero attached hydrogens (tertiary/aromatic N) is 3. The summed E-state index contributed by atoms with van der Waals surface area (Å²) in [5.74, 6) is 0. The molecule has 33 heavy (non-hydrogen) atoms. The van der Waals surface area contributed by atoms with E-state index in [1.54, 1.807) is 0 Å². The number of anilines is 2. The van der Waals surface area contributed by atoms with E-state index in [1.165, 1.54) is 12.1 Å². The lowest BCUT2D eigenvalue weighted by molar-refractivity contribution is 0.295. The molecule has 0 saturated carbocycles. The maximum atomic E-state index is 6.02. The third-order valence-corrected chi connectivity index (χ3v) is 6.30. The first-order valence-electron chi connectivity index (χ1n) is 11.9. The highest BCUT2D eigenvalue weighted by atomic mass is 35.5. The maximum absolute atomic E-state index is 6.02. The Kier molecular flexibility index (Phi) is 9.16. The van der Waals surface area contributed by atoms with Crippen molar-refractivity contribution in [3.05, 3.63) is 64.8 Å². The highest BCUT2D eigenvalue weighted by Gasteiger charge is 2.10. The van der Waals surface area contributed by atoms with Crippen LogP contribution in [0.2, 0.25) is 5.02 Å². The summed E-state index contributed by atoms with van der Waals surface area (Å²) in [7, 11) is 4.14. The molecule has 0 saturated heterocycles. The van der Waals surface area contributed by atoms with Gasteiger partial charge in [0.1, 0.15) is 0 Å². The van der Waals surface area contributed by atoms with Crippen molar-refractivity contribution in [3.8, 4) is 0 Å². The van der Waals surface area contributed by atoms with Gasteiger partial charge in [-0.1, -0.05) is 43.7 Å². The molecule has 0 radical (unpaired) electrons. The van der Waals surface area contributed by atoms with Gasteiger partial charge in [0.05, 0.1) is 11.2 Å². The Morgan fingerprint density at radius 2 is 1.73 bits per heavy atom. The Labute approximate surface area is 204 Å². The molecule has 3 rings (SSSR count). The van der Waals surface area contributed by atoms with E-state index in [2.05, 4.69) is 86.4 Å². The quantitative estimate of drug-likeness (QED) is 0.329. The van der Waals surface area contributed by atoms with Gasteiger partial charge in [-0.15, -0.1) is 0 Å². The Hall–Kier alpha value is -2.56. The molecule has 4 nitrogen and oxygen atoms in total. The first-order chi connectivity index (χ1) is 15.9. The summed E-state index contributed by atoms with van der Waals surface area (Å²) >= 11 is 6.02. The molecule has 1 atom stereocenters. The number of nitrogens with one attached hydrogen (secondary N) is 1. The molecule has 176 valence electrons. The van der Waals surface area contributed by atoms with Gasteiger partial charge in [0, 0.05) is 41.9 Å². The predicted molar refractivity (Wildman–Crippen MR) is 147 cm³/mol. The summed E-state index contributed by atoms with van der Waals surface area (Å²) in [5, 5.41) is 5.68. The fourth-order valence-electron chi connectivity index (χ4n) is 3.97. The topological polar surface area (TPSA) is 31.4 Å². The Bertz CT molecular complexity index is 1060. The molecule has 0 aliphatic carbocycles. The van der Waals surface area contributed by atoms with Crippen LogP contribution in [0.4, 0.5) is 11.4 Å². The first-order valence-corrected chi connectivity index (χ1v) is 12.3. The predicted octanol–water partition coefficient (Wildman–Crippen LogP) is 7.05. The number of rotatable bonds is 11. The molecule has 3 aromatic rings. The van der Waals surface area contributed by atoms with Crippen molar-refractivity contribution >= 4 is 46.0 Å². The van der Waals surface area contributed by atoms with Crippen LogP contribution in [0.15, 0.2) is 48.5 Å². The third-order valence-electron chi connectivity index (χ3n) is 6.05. The largest absolute Gasteiger partial charge is 0.382 e. The molecular formula is C28H37ClN4. The lowest BCUT2D eigenvalue weighted by Gasteiger charge is -2.21. The number of hydrogen-bond donors (Lipinski definition) is 1. The molecule has 0 amide bonds. The van der Waals surface area contributed by atoms with E-state index in [9.17, 15) is 0 Å². The third kappa shape index (κ3) is 7.21. The molecule has 0 unspecified atom stereocenters. The fourth-order valence-corrected chi connectivity index (χ4v) is 4.10. The van der Waals surface area contributed by atoms with Gasteiger partial charge in [0.15, 0.2) is 0 Å². The summed E-state index contributed by atoms with van der Waals surface area (Å²) in [5.41, 5.74) is 5.34. The fraction of sp³-hybridized carbons (Fsp3) is 0.393. The molecule has 1 heterocycles. The summed E-state index contributed by atoms with van der Waals surface area (Å²) in [6, 6.07) is 16.8. The smallest absolute Gasteiger partial charge is 0.0731 e. The van der Waals surface area contributed by atoms with Crippen LogP contribution in [0.5, 0.6) is 0 Å². The summed E-state index contributed by atoms with van der Waals surface area (Å²) < 4.78 is 0. The van der Waals surface area contributed by atoms with Gasteiger partial charge in [0.2, 0.25) is 0 Å². The van der Waals surface area contributed by atoms with Crippen LogP contribution in [0.25, 0.3) is 23.1 Å². The van der Waals surface area contributed by atoms with Crippen molar-refractivity contribution in [3.63, 3.8) is 0 Å². The average molecular weight is 465 g/mol. The van der Waals surface area contributed by atoms with E-state index in [-0.39, 0.29) is 0 Å². The van der Waals surface area contributed by atoms with Crippen molar-refractivity contribution in [2.75, 3.05) is 43.9 Å². The Morgan fingerprint density at radius 1 is 1.00 bits per heavy atom. The highest BCUT2D eigenvalue weighted by Crippen LogP contribution is 2.29. The summed E-state index contributed by atoms with van der Waals surface area (Å²) in [4.78, 5) is 9.52. The molecule has 0 fully saturated rings. The van der Waals surface area contributed by atoms with Crippen LogP contribution in [0.3, 0.4) is 0 Å². The molecule has 0 aliphatic heterocycles. The monoisotopic (exact) mass is 464 g/mol. The minimum Gasteiger partial charge on any atom is -0.382 e. The van der Waals surface area contributed by atoms with Crippen molar-refractivity contribution in [2.45, 2.75) is 39.7 Å². The van der Waals surface area contributed by atoms with Crippen molar-refractivity contribution in [2.24, 2.45) is 0 Å². The van der Waals surface area contributed by atoms with E-state index < -0.39 is 0 Å². The van der Waals surface area contributed by atoms with Crippen molar-refractivity contribution in [1.29, 1.82) is 0 Å². The Balaban J connectivity index is 1.85. The molecule has 0 aliphatic rings. The number of halogens is 1. The Morgan fingerprint density at radius 3 is 2.39 bits per heavy atom. The lowest BCUT2D eigenvalue weighted by atomic mass is 10.1. The second-order valence-corrected chi connectivity index (χ2v) is 9.23. The zero-order valence-electron chi connectivity index (χ0n) is 20.6. The van der Waals surface area contributed by atoms with Gasteiger partial charge in [-0.05, 0) is 87.4 Å².